The summed E-state index contributed by atoms with van der Waals surface area (Å²) in [6.07, 6.45) is 7.03. The van der Waals surface area contributed by atoms with E-state index >= 15 is 0 Å². The predicted octanol–water partition coefficient (Wildman–Crippen LogP) is 6.77. The Balaban J connectivity index is 1.71. The summed E-state index contributed by atoms with van der Waals surface area (Å²) in [5.74, 6) is 0.171. The van der Waals surface area contributed by atoms with Crippen molar-refractivity contribution in [3.8, 4) is 16.9 Å². The molecule has 0 saturated heterocycles. The van der Waals surface area contributed by atoms with Crippen LogP contribution in [-0.4, -0.2) is 30.8 Å². The quantitative estimate of drug-likeness (QED) is 0.197. The van der Waals surface area contributed by atoms with Crippen LogP contribution in [0.5, 0.6) is 5.75 Å². The number of esters is 2. The van der Waals surface area contributed by atoms with Gasteiger partial charge in [-0.3, -0.25) is 0 Å². The van der Waals surface area contributed by atoms with Crippen molar-refractivity contribution >= 4 is 18.0 Å². The van der Waals surface area contributed by atoms with Crippen molar-refractivity contribution < 1.29 is 23.8 Å². The molecule has 0 aliphatic rings. The number of benzene rings is 2. The van der Waals surface area contributed by atoms with Crippen LogP contribution in [0.4, 0.5) is 0 Å². The molecule has 5 nitrogen and oxygen atoms in total. The second kappa shape index (κ2) is 13.4. The highest BCUT2D eigenvalue weighted by Crippen LogP contribution is 2.23. The molecule has 0 radical (unpaired) electrons. The van der Waals surface area contributed by atoms with E-state index < -0.39 is 5.60 Å². The molecule has 2 aromatic carbocycles. The molecule has 0 aromatic heterocycles. The molecule has 0 atom stereocenters. The van der Waals surface area contributed by atoms with Crippen LogP contribution in [0.15, 0.2) is 66.8 Å². The molecule has 0 unspecified atom stereocenters. The van der Waals surface area contributed by atoms with Gasteiger partial charge in [0.25, 0.3) is 0 Å². The van der Waals surface area contributed by atoms with Crippen molar-refractivity contribution in [1.82, 2.24) is 0 Å². The Kier molecular flexibility index (Phi) is 10.6. The minimum absolute atomic E-state index is 0.322. The molecule has 34 heavy (non-hydrogen) atoms. The van der Waals surface area contributed by atoms with Crippen molar-refractivity contribution in [1.29, 1.82) is 0 Å². The van der Waals surface area contributed by atoms with Gasteiger partial charge in [-0.15, -0.1) is 0 Å². The predicted molar refractivity (Wildman–Crippen MR) is 136 cm³/mol. The summed E-state index contributed by atoms with van der Waals surface area (Å²) < 4.78 is 16.2. The molecule has 0 spiro atoms. The highest BCUT2D eigenvalue weighted by Gasteiger charge is 2.13. The number of carbonyl (C=O) groups is 2. The first-order valence-corrected chi connectivity index (χ1v) is 11.7. The van der Waals surface area contributed by atoms with E-state index in [2.05, 4.69) is 6.58 Å². The van der Waals surface area contributed by atoms with Crippen LogP contribution in [0.3, 0.4) is 0 Å². The summed E-state index contributed by atoms with van der Waals surface area (Å²) in [4.78, 5) is 23.1. The second-order valence-corrected chi connectivity index (χ2v) is 9.19. The van der Waals surface area contributed by atoms with Crippen LogP contribution in [0.1, 0.15) is 58.9 Å². The lowest BCUT2D eigenvalue weighted by Gasteiger charge is -2.17. The lowest BCUT2D eigenvalue weighted by atomic mass is 10.0. The fourth-order valence-electron chi connectivity index (χ4n) is 3.07. The van der Waals surface area contributed by atoms with Gasteiger partial charge in [-0.1, -0.05) is 43.0 Å². The van der Waals surface area contributed by atoms with Gasteiger partial charge in [0.15, 0.2) is 0 Å². The van der Waals surface area contributed by atoms with Crippen molar-refractivity contribution in [3.63, 3.8) is 0 Å². The second-order valence-electron chi connectivity index (χ2n) is 9.19. The molecule has 2 rings (SSSR count). The van der Waals surface area contributed by atoms with Crippen molar-refractivity contribution in [2.75, 3.05) is 13.2 Å². The van der Waals surface area contributed by atoms with Gasteiger partial charge in [0.2, 0.25) is 0 Å². The van der Waals surface area contributed by atoms with Crippen molar-refractivity contribution in [2.24, 2.45) is 0 Å². The summed E-state index contributed by atoms with van der Waals surface area (Å²) >= 11 is 0. The molecule has 0 aliphatic carbocycles. The van der Waals surface area contributed by atoms with Crippen LogP contribution in [0.25, 0.3) is 17.2 Å². The SMILES string of the molecule is C=C(C)C(=O)OCCCCCCOc1ccc(-c2ccc(/C=C/C(=O)OC(C)(C)C)cc2)cc1. The lowest BCUT2D eigenvalue weighted by molar-refractivity contribution is -0.148. The minimum Gasteiger partial charge on any atom is -0.494 e. The Bertz CT molecular complexity index is 963. The van der Waals surface area contributed by atoms with Gasteiger partial charge in [0, 0.05) is 11.6 Å². The molecule has 5 heteroatoms. The molecule has 0 amide bonds. The fourth-order valence-corrected chi connectivity index (χ4v) is 3.07. The molecular weight excluding hydrogens is 428 g/mol. The Hall–Kier alpha value is -3.34. The zero-order valence-corrected chi connectivity index (χ0v) is 20.8. The fraction of sp³-hybridized carbons (Fsp3) is 0.379. The number of unbranched alkanes of at least 4 members (excludes halogenated alkanes) is 3. The highest BCUT2D eigenvalue weighted by atomic mass is 16.6. The smallest absolute Gasteiger partial charge is 0.333 e. The number of carbonyl (C=O) groups excluding carboxylic acids is 2. The molecule has 2 aromatic rings. The first-order chi connectivity index (χ1) is 16.1. The van der Waals surface area contributed by atoms with Gasteiger partial charge in [0.1, 0.15) is 11.4 Å². The monoisotopic (exact) mass is 464 g/mol. The van der Waals surface area contributed by atoms with Crippen molar-refractivity contribution in [2.45, 2.75) is 59.0 Å². The molecule has 0 saturated carbocycles. The van der Waals surface area contributed by atoms with E-state index in [1.165, 1.54) is 6.08 Å². The Morgan fingerprint density at radius 2 is 1.41 bits per heavy atom. The molecular formula is C29H36O5. The average Bonchev–Trinajstić information content (AvgIpc) is 2.79. The van der Waals surface area contributed by atoms with Gasteiger partial charge in [-0.25, -0.2) is 9.59 Å². The summed E-state index contributed by atoms with van der Waals surface area (Å²) in [5, 5.41) is 0. The topological polar surface area (TPSA) is 61.8 Å². The zero-order valence-electron chi connectivity index (χ0n) is 20.8. The Morgan fingerprint density at radius 3 is 1.97 bits per heavy atom. The van der Waals surface area contributed by atoms with Gasteiger partial charge in [0.05, 0.1) is 13.2 Å². The third kappa shape index (κ3) is 10.5. The zero-order chi connectivity index (χ0) is 25.0. The van der Waals surface area contributed by atoms with Gasteiger partial charge in [-0.2, -0.15) is 0 Å². The van der Waals surface area contributed by atoms with E-state index in [0.29, 0.717) is 18.8 Å². The van der Waals surface area contributed by atoms with Crippen LogP contribution in [-0.2, 0) is 19.1 Å². The summed E-state index contributed by atoms with van der Waals surface area (Å²) in [5.41, 5.74) is 3.06. The number of rotatable bonds is 12. The van der Waals surface area contributed by atoms with E-state index in [9.17, 15) is 9.59 Å². The first-order valence-electron chi connectivity index (χ1n) is 11.7. The summed E-state index contributed by atoms with van der Waals surface area (Å²) in [6, 6.07) is 16.0. The highest BCUT2D eigenvalue weighted by molar-refractivity contribution is 5.87. The summed E-state index contributed by atoms with van der Waals surface area (Å²) in [7, 11) is 0. The standard InChI is InChI=1S/C29H36O5/c1-22(2)28(31)33-21-9-7-6-8-20-32-26-17-15-25(16-18-26)24-13-10-23(11-14-24)12-19-27(30)34-29(3,4)5/h10-19H,1,6-9,20-21H2,2-5H3/b19-12+. The normalized spacial score (nSPS) is 11.3. The molecule has 0 aliphatic heterocycles. The van der Waals surface area contributed by atoms with E-state index in [4.69, 9.17) is 14.2 Å². The minimum atomic E-state index is -0.496. The molecule has 0 fully saturated rings. The summed E-state index contributed by atoms with van der Waals surface area (Å²) in [6.45, 7) is 11.8. The molecule has 0 N–H and O–H groups in total. The number of ether oxygens (including phenoxy) is 3. The first kappa shape index (κ1) is 26.9. The van der Waals surface area contributed by atoms with Crippen LogP contribution >= 0.6 is 0 Å². The van der Waals surface area contributed by atoms with Gasteiger partial charge in [-0.05, 0) is 88.3 Å². The van der Waals surface area contributed by atoms with E-state index in [1.54, 1.807) is 13.0 Å². The number of hydrogen-bond donors (Lipinski definition) is 0. The lowest BCUT2D eigenvalue weighted by Crippen LogP contribution is -2.22. The van der Waals surface area contributed by atoms with E-state index in [1.807, 2.05) is 69.3 Å². The third-order valence-corrected chi connectivity index (χ3v) is 4.81. The van der Waals surface area contributed by atoms with Crippen LogP contribution in [0.2, 0.25) is 0 Å². The van der Waals surface area contributed by atoms with Crippen LogP contribution < -0.4 is 4.74 Å². The van der Waals surface area contributed by atoms with Crippen LogP contribution in [0, 0.1) is 0 Å². The Labute approximate surface area is 203 Å². The third-order valence-electron chi connectivity index (χ3n) is 4.81. The maximum Gasteiger partial charge on any atom is 0.333 e. The molecule has 182 valence electrons. The Morgan fingerprint density at radius 1 is 0.853 bits per heavy atom. The van der Waals surface area contributed by atoms with Crippen molar-refractivity contribution in [3.05, 3.63) is 72.3 Å². The number of hydrogen-bond acceptors (Lipinski definition) is 5. The molecule has 0 heterocycles. The molecule has 0 bridgehead atoms. The van der Waals surface area contributed by atoms with E-state index in [-0.39, 0.29) is 11.9 Å². The average molecular weight is 465 g/mol. The largest absolute Gasteiger partial charge is 0.494 e. The van der Waals surface area contributed by atoms with Gasteiger partial charge < -0.3 is 14.2 Å². The van der Waals surface area contributed by atoms with E-state index in [0.717, 1.165) is 48.1 Å². The maximum atomic E-state index is 11.8. The van der Waals surface area contributed by atoms with Gasteiger partial charge >= 0.3 is 11.9 Å². The maximum absolute atomic E-state index is 11.8.